The van der Waals surface area contributed by atoms with Gasteiger partial charge < -0.3 is 16.4 Å². The molecular weight excluding hydrogens is 278 g/mol. The van der Waals surface area contributed by atoms with Crippen molar-refractivity contribution in [3.8, 4) is 0 Å². The summed E-state index contributed by atoms with van der Waals surface area (Å²) in [5.74, 6) is -0.378. The van der Waals surface area contributed by atoms with Crippen LogP contribution in [0.25, 0.3) is 0 Å². The predicted molar refractivity (Wildman–Crippen MR) is 87.6 cm³/mol. The molecule has 5 heteroatoms. The van der Waals surface area contributed by atoms with E-state index in [-0.39, 0.29) is 17.7 Å². The van der Waals surface area contributed by atoms with Gasteiger partial charge in [0.2, 0.25) is 5.91 Å². The van der Waals surface area contributed by atoms with Gasteiger partial charge in [-0.25, -0.2) is 0 Å². The van der Waals surface area contributed by atoms with Crippen LogP contribution in [0.15, 0.2) is 24.3 Å². The lowest BCUT2D eigenvalue weighted by Gasteiger charge is -2.22. The zero-order valence-electron chi connectivity index (χ0n) is 13.1. The highest BCUT2D eigenvalue weighted by atomic mass is 16.2. The molecule has 0 saturated heterocycles. The molecule has 1 aromatic rings. The normalized spacial score (nSPS) is 16.8. The molecule has 5 nitrogen and oxygen atoms in total. The average molecular weight is 303 g/mol. The van der Waals surface area contributed by atoms with Crippen molar-refractivity contribution in [2.75, 3.05) is 11.9 Å². The lowest BCUT2D eigenvalue weighted by molar-refractivity contribution is -0.119. The second-order valence-electron chi connectivity index (χ2n) is 6.01. The molecule has 1 unspecified atom stereocenters. The second-order valence-corrected chi connectivity index (χ2v) is 6.01. The smallest absolute Gasteiger partial charge is 0.251 e. The van der Waals surface area contributed by atoms with Gasteiger partial charge in [0.15, 0.2) is 0 Å². The molecule has 22 heavy (non-hydrogen) atoms. The number of carbonyl (C=O) groups is 2. The lowest BCUT2D eigenvalue weighted by atomic mass is 9.95. The molecule has 120 valence electrons. The summed E-state index contributed by atoms with van der Waals surface area (Å²) in [4.78, 5) is 23.9. The molecule has 0 heterocycles. The molecule has 0 spiro atoms. The minimum Gasteiger partial charge on any atom is -0.349 e. The van der Waals surface area contributed by atoms with Crippen LogP contribution in [0.3, 0.4) is 0 Å². The van der Waals surface area contributed by atoms with Gasteiger partial charge in [-0.1, -0.05) is 26.2 Å². The van der Waals surface area contributed by atoms with Crippen molar-refractivity contribution >= 4 is 17.5 Å². The number of nitrogens with two attached hydrogens (primary N) is 1. The van der Waals surface area contributed by atoms with Crippen LogP contribution in [-0.2, 0) is 4.79 Å². The molecule has 2 rings (SSSR count). The summed E-state index contributed by atoms with van der Waals surface area (Å²) in [6.07, 6.45) is 5.78. The maximum Gasteiger partial charge on any atom is 0.251 e. The van der Waals surface area contributed by atoms with Crippen molar-refractivity contribution < 1.29 is 9.59 Å². The third-order valence-electron chi connectivity index (χ3n) is 4.16. The van der Waals surface area contributed by atoms with Gasteiger partial charge in [-0.05, 0) is 37.1 Å². The minimum atomic E-state index is -0.228. The van der Waals surface area contributed by atoms with E-state index < -0.39 is 0 Å². The van der Waals surface area contributed by atoms with Crippen LogP contribution in [0, 0.1) is 5.92 Å². The first-order valence-electron chi connectivity index (χ1n) is 8.02. The summed E-state index contributed by atoms with van der Waals surface area (Å²) in [5, 5.41) is 5.87. The van der Waals surface area contributed by atoms with Crippen molar-refractivity contribution in [2.24, 2.45) is 11.7 Å². The Labute approximate surface area is 131 Å². The first-order chi connectivity index (χ1) is 10.6. The zero-order valence-corrected chi connectivity index (χ0v) is 13.1. The average Bonchev–Trinajstić information content (AvgIpc) is 2.55. The highest BCUT2D eigenvalue weighted by Gasteiger charge is 2.17. The Morgan fingerprint density at radius 1 is 1.18 bits per heavy atom. The number of carbonyl (C=O) groups excluding carboxylic acids is 2. The molecule has 0 radical (unpaired) electrons. The summed E-state index contributed by atoms with van der Waals surface area (Å²) in [6, 6.07) is 7.27. The fraction of sp³-hybridized carbons (Fsp3) is 0.529. The fourth-order valence-electron chi connectivity index (χ4n) is 2.59. The molecule has 1 aromatic carbocycles. The summed E-state index contributed by atoms with van der Waals surface area (Å²) < 4.78 is 0. The van der Waals surface area contributed by atoms with Crippen LogP contribution in [0.1, 0.15) is 49.4 Å². The maximum absolute atomic E-state index is 12.2. The van der Waals surface area contributed by atoms with Crippen molar-refractivity contribution in [2.45, 2.75) is 45.1 Å². The Bertz CT molecular complexity index is 507. The van der Waals surface area contributed by atoms with Crippen molar-refractivity contribution in [1.29, 1.82) is 0 Å². The van der Waals surface area contributed by atoms with E-state index in [1.54, 1.807) is 31.2 Å². The standard InChI is InChI=1S/C17H25N3O2/c1-12(11-18)16(21)19-15-9-7-13(8-10-15)17(22)20-14-5-3-2-4-6-14/h7-10,12,14H,2-6,11,18H2,1H3,(H,19,21)(H,20,22). The Hall–Kier alpha value is -1.88. The highest BCUT2D eigenvalue weighted by molar-refractivity contribution is 5.96. The Kier molecular flexibility index (Phi) is 5.95. The van der Waals surface area contributed by atoms with Crippen molar-refractivity contribution in [1.82, 2.24) is 5.32 Å². The van der Waals surface area contributed by atoms with E-state index in [2.05, 4.69) is 10.6 Å². The van der Waals surface area contributed by atoms with Gasteiger partial charge in [-0.15, -0.1) is 0 Å². The monoisotopic (exact) mass is 303 g/mol. The SMILES string of the molecule is CC(CN)C(=O)Nc1ccc(C(=O)NC2CCCCC2)cc1. The molecule has 4 N–H and O–H groups in total. The zero-order chi connectivity index (χ0) is 15.9. The second kappa shape index (κ2) is 7.94. The topological polar surface area (TPSA) is 84.2 Å². The Morgan fingerprint density at radius 3 is 2.41 bits per heavy atom. The third-order valence-corrected chi connectivity index (χ3v) is 4.16. The van der Waals surface area contributed by atoms with E-state index in [1.165, 1.54) is 19.3 Å². The number of hydrogen-bond donors (Lipinski definition) is 3. The molecule has 0 aliphatic heterocycles. The highest BCUT2D eigenvalue weighted by Crippen LogP contribution is 2.18. The van der Waals surface area contributed by atoms with E-state index in [4.69, 9.17) is 5.73 Å². The van der Waals surface area contributed by atoms with E-state index in [0.29, 0.717) is 23.8 Å². The van der Waals surface area contributed by atoms with E-state index in [9.17, 15) is 9.59 Å². The summed E-state index contributed by atoms with van der Waals surface area (Å²) >= 11 is 0. The number of nitrogens with one attached hydrogen (secondary N) is 2. The molecular formula is C17H25N3O2. The number of rotatable bonds is 5. The Balaban J connectivity index is 1.90. The first kappa shape index (κ1) is 16.5. The van der Waals surface area contributed by atoms with Crippen molar-refractivity contribution in [3.05, 3.63) is 29.8 Å². The quantitative estimate of drug-likeness (QED) is 0.780. The summed E-state index contributed by atoms with van der Waals surface area (Å²) in [6.45, 7) is 2.09. The van der Waals surface area contributed by atoms with E-state index >= 15 is 0 Å². The van der Waals surface area contributed by atoms with E-state index in [1.807, 2.05) is 0 Å². The molecule has 2 amide bonds. The Morgan fingerprint density at radius 2 is 1.82 bits per heavy atom. The van der Waals surface area contributed by atoms with Gasteiger partial charge in [-0.3, -0.25) is 9.59 Å². The summed E-state index contributed by atoms with van der Waals surface area (Å²) in [7, 11) is 0. The van der Waals surface area contributed by atoms with Crippen LogP contribution in [0.5, 0.6) is 0 Å². The van der Waals surface area contributed by atoms with Crippen LogP contribution >= 0.6 is 0 Å². The molecule has 1 atom stereocenters. The van der Waals surface area contributed by atoms with Crippen LogP contribution < -0.4 is 16.4 Å². The third kappa shape index (κ3) is 4.56. The van der Waals surface area contributed by atoms with Gasteiger partial charge in [-0.2, -0.15) is 0 Å². The number of anilines is 1. The van der Waals surface area contributed by atoms with Gasteiger partial charge in [0.1, 0.15) is 0 Å². The van der Waals surface area contributed by atoms with Crippen LogP contribution in [0.4, 0.5) is 5.69 Å². The number of benzene rings is 1. The molecule has 0 aromatic heterocycles. The molecule has 1 saturated carbocycles. The fourth-order valence-corrected chi connectivity index (χ4v) is 2.59. The first-order valence-corrected chi connectivity index (χ1v) is 8.02. The molecule has 1 fully saturated rings. The van der Waals surface area contributed by atoms with E-state index in [0.717, 1.165) is 12.8 Å². The maximum atomic E-state index is 12.2. The van der Waals surface area contributed by atoms with Gasteiger partial charge in [0.25, 0.3) is 5.91 Å². The van der Waals surface area contributed by atoms with Crippen LogP contribution in [0.2, 0.25) is 0 Å². The minimum absolute atomic E-state index is 0.0416. The molecule has 1 aliphatic carbocycles. The molecule has 0 bridgehead atoms. The molecule has 1 aliphatic rings. The van der Waals surface area contributed by atoms with Crippen LogP contribution in [-0.4, -0.2) is 24.4 Å². The number of hydrogen-bond acceptors (Lipinski definition) is 3. The van der Waals surface area contributed by atoms with Crippen molar-refractivity contribution in [3.63, 3.8) is 0 Å². The number of amides is 2. The largest absolute Gasteiger partial charge is 0.349 e. The van der Waals surface area contributed by atoms with Gasteiger partial charge >= 0.3 is 0 Å². The van der Waals surface area contributed by atoms with Gasteiger partial charge in [0, 0.05) is 29.8 Å². The lowest BCUT2D eigenvalue weighted by Crippen LogP contribution is -2.36. The predicted octanol–water partition coefficient (Wildman–Crippen LogP) is 2.28. The summed E-state index contributed by atoms with van der Waals surface area (Å²) in [5.41, 5.74) is 6.77. The van der Waals surface area contributed by atoms with Gasteiger partial charge in [0.05, 0.1) is 0 Å².